The summed E-state index contributed by atoms with van der Waals surface area (Å²) in [6.45, 7) is 5.19. The van der Waals surface area contributed by atoms with Crippen LogP contribution in [0.3, 0.4) is 0 Å². The lowest BCUT2D eigenvalue weighted by molar-refractivity contribution is -0.187. The number of nitrogens with zero attached hydrogens (tertiary/aromatic N) is 2. The van der Waals surface area contributed by atoms with E-state index in [0.717, 1.165) is 0 Å². The van der Waals surface area contributed by atoms with Gasteiger partial charge in [-0.05, 0) is 31.2 Å². The van der Waals surface area contributed by atoms with Crippen molar-refractivity contribution in [3.63, 3.8) is 0 Å². The first kappa shape index (κ1) is 18.5. The number of piperidine rings is 1. The number of ketones is 1. The molecule has 2 amide bonds. The predicted octanol–water partition coefficient (Wildman–Crippen LogP) is 1.61. The average Bonchev–Trinajstić information content (AvgIpc) is 3.08. The quantitative estimate of drug-likeness (QED) is 0.763. The van der Waals surface area contributed by atoms with Crippen molar-refractivity contribution in [3.05, 3.63) is 29.8 Å². The number of ether oxygens (including phenoxy) is 2. The van der Waals surface area contributed by atoms with E-state index in [1.165, 1.54) is 18.7 Å². The maximum absolute atomic E-state index is 12.7. The third-order valence-corrected chi connectivity index (χ3v) is 4.95. The van der Waals surface area contributed by atoms with Crippen LogP contribution in [0.15, 0.2) is 24.3 Å². The Morgan fingerprint density at radius 2 is 1.62 bits per heavy atom. The summed E-state index contributed by atoms with van der Waals surface area (Å²) in [6, 6.07) is 6.71. The van der Waals surface area contributed by atoms with E-state index in [-0.39, 0.29) is 24.1 Å². The van der Waals surface area contributed by atoms with Crippen LogP contribution in [-0.2, 0) is 19.1 Å². The van der Waals surface area contributed by atoms with Gasteiger partial charge in [-0.2, -0.15) is 0 Å². The second kappa shape index (κ2) is 7.55. The second-order valence-corrected chi connectivity index (χ2v) is 6.70. The van der Waals surface area contributed by atoms with Gasteiger partial charge in [-0.25, -0.2) is 0 Å². The van der Waals surface area contributed by atoms with Crippen molar-refractivity contribution >= 4 is 23.3 Å². The summed E-state index contributed by atoms with van der Waals surface area (Å²) in [5.74, 6) is -0.895. The van der Waals surface area contributed by atoms with Crippen LogP contribution < -0.4 is 4.90 Å². The summed E-state index contributed by atoms with van der Waals surface area (Å²) in [6.07, 6.45) is 1.29. The van der Waals surface area contributed by atoms with E-state index in [0.29, 0.717) is 50.4 Å². The van der Waals surface area contributed by atoms with E-state index in [9.17, 15) is 14.4 Å². The van der Waals surface area contributed by atoms with Crippen molar-refractivity contribution in [1.82, 2.24) is 4.90 Å². The number of hydrogen-bond acceptors (Lipinski definition) is 5. The summed E-state index contributed by atoms with van der Waals surface area (Å²) >= 11 is 0. The molecule has 0 aliphatic carbocycles. The molecule has 0 N–H and O–H groups in total. The minimum absolute atomic E-state index is 0.0243. The Bertz CT molecular complexity index is 684. The number of rotatable bonds is 4. The van der Waals surface area contributed by atoms with Crippen LogP contribution in [0.1, 0.15) is 37.0 Å². The van der Waals surface area contributed by atoms with Gasteiger partial charge in [0.25, 0.3) is 0 Å². The van der Waals surface area contributed by atoms with Crippen molar-refractivity contribution in [3.8, 4) is 0 Å². The monoisotopic (exact) mass is 360 g/mol. The topological polar surface area (TPSA) is 76.2 Å². The lowest BCUT2D eigenvalue weighted by Gasteiger charge is -2.38. The van der Waals surface area contributed by atoms with Crippen molar-refractivity contribution in [2.24, 2.45) is 0 Å². The van der Waals surface area contributed by atoms with Crippen LogP contribution in [-0.4, -0.2) is 61.1 Å². The molecular weight excluding hydrogens is 336 g/mol. The van der Waals surface area contributed by atoms with Crippen LogP contribution >= 0.6 is 0 Å². The minimum Gasteiger partial charge on any atom is -0.347 e. The SMILES string of the molecule is CC(=O)c1ccc(N(CC(=O)N2CCC3(CC2)OCCO3)C(C)=O)cc1. The Morgan fingerprint density at radius 3 is 2.12 bits per heavy atom. The smallest absolute Gasteiger partial charge is 0.242 e. The van der Waals surface area contributed by atoms with Gasteiger partial charge < -0.3 is 19.3 Å². The Balaban J connectivity index is 1.63. The largest absolute Gasteiger partial charge is 0.347 e. The number of carbonyl (C=O) groups excluding carboxylic acids is 3. The van der Waals surface area contributed by atoms with E-state index >= 15 is 0 Å². The molecule has 0 saturated carbocycles. The predicted molar refractivity (Wildman–Crippen MR) is 94.9 cm³/mol. The van der Waals surface area contributed by atoms with E-state index in [1.807, 2.05) is 0 Å². The Labute approximate surface area is 152 Å². The molecule has 1 aromatic rings. The number of likely N-dealkylation sites (tertiary alicyclic amines) is 1. The van der Waals surface area contributed by atoms with E-state index < -0.39 is 5.79 Å². The van der Waals surface area contributed by atoms with Gasteiger partial charge >= 0.3 is 0 Å². The van der Waals surface area contributed by atoms with Crippen molar-refractivity contribution in [2.45, 2.75) is 32.5 Å². The molecule has 140 valence electrons. The molecule has 2 saturated heterocycles. The summed E-state index contributed by atoms with van der Waals surface area (Å²) in [7, 11) is 0. The molecule has 2 heterocycles. The van der Waals surface area contributed by atoms with Gasteiger partial charge in [0.1, 0.15) is 6.54 Å². The van der Waals surface area contributed by atoms with Crippen molar-refractivity contribution in [2.75, 3.05) is 37.7 Å². The highest BCUT2D eigenvalue weighted by Gasteiger charge is 2.40. The number of amides is 2. The van der Waals surface area contributed by atoms with Gasteiger partial charge in [0.15, 0.2) is 11.6 Å². The number of hydrogen-bond donors (Lipinski definition) is 0. The number of Topliss-reactive ketones (excluding diaryl/α,β-unsaturated/α-hetero) is 1. The molecule has 1 spiro atoms. The molecular formula is C19H24N2O5. The first-order valence-electron chi connectivity index (χ1n) is 8.85. The highest BCUT2D eigenvalue weighted by Crippen LogP contribution is 2.31. The molecule has 7 heteroatoms. The van der Waals surface area contributed by atoms with Gasteiger partial charge in [-0.1, -0.05) is 0 Å². The van der Waals surface area contributed by atoms with Crippen LogP contribution in [0, 0.1) is 0 Å². The van der Waals surface area contributed by atoms with Crippen LogP contribution in [0.2, 0.25) is 0 Å². The normalized spacial score (nSPS) is 18.8. The lowest BCUT2D eigenvalue weighted by Crippen LogP contribution is -2.50. The van der Waals surface area contributed by atoms with E-state index in [4.69, 9.17) is 9.47 Å². The van der Waals surface area contributed by atoms with Crippen LogP contribution in [0.25, 0.3) is 0 Å². The lowest BCUT2D eigenvalue weighted by atomic mass is 10.0. The highest BCUT2D eigenvalue weighted by atomic mass is 16.7. The minimum atomic E-state index is -0.528. The zero-order chi connectivity index (χ0) is 18.7. The fourth-order valence-electron chi connectivity index (χ4n) is 3.38. The third kappa shape index (κ3) is 3.94. The van der Waals surface area contributed by atoms with Crippen LogP contribution in [0.4, 0.5) is 5.69 Å². The molecule has 0 radical (unpaired) electrons. The summed E-state index contributed by atoms with van der Waals surface area (Å²) < 4.78 is 11.4. The molecule has 0 unspecified atom stereocenters. The molecule has 0 bridgehead atoms. The molecule has 7 nitrogen and oxygen atoms in total. The Morgan fingerprint density at radius 1 is 1.04 bits per heavy atom. The Hall–Kier alpha value is -2.25. The summed E-state index contributed by atoms with van der Waals surface area (Å²) in [5.41, 5.74) is 1.17. The van der Waals surface area contributed by atoms with Gasteiger partial charge in [0, 0.05) is 44.1 Å². The fourth-order valence-corrected chi connectivity index (χ4v) is 3.38. The maximum atomic E-state index is 12.7. The molecule has 0 aromatic heterocycles. The average molecular weight is 360 g/mol. The molecule has 2 fully saturated rings. The molecule has 2 aliphatic rings. The zero-order valence-corrected chi connectivity index (χ0v) is 15.2. The van der Waals surface area contributed by atoms with Crippen LogP contribution in [0.5, 0.6) is 0 Å². The van der Waals surface area contributed by atoms with Crippen molar-refractivity contribution < 1.29 is 23.9 Å². The van der Waals surface area contributed by atoms with E-state index in [2.05, 4.69) is 0 Å². The molecule has 2 aliphatic heterocycles. The standard InChI is InChI=1S/C19H24N2O5/c1-14(22)16-3-5-17(6-4-16)21(15(2)23)13-18(24)20-9-7-19(8-10-20)25-11-12-26-19/h3-6H,7-13H2,1-2H3. The Kier molecular flexibility index (Phi) is 5.38. The van der Waals surface area contributed by atoms with Gasteiger partial charge in [-0.3, -0.25) is 14.4 Å². The number of benzene rings is 1. The molecule has 1 aromatic carbocycles. The maximum Gasteiger partial charge on any atom is 0.242 e. The zero-order valence-electron chi connectivity index (χ0n) is 15.2. The summed E-state index contributed by atoms with van der Waals surface area (Å²) in [4.78, 5) is 39.3. The van der Waals surface area contributed by atoms with Gasteiger partial charge in [0.05, 0.1) is 13.2 Å². The van der Waals surface area contributed by atoms with Gasteiger partial charge in [-0.15, -0.1) is 0 Å². The number of carbonyl (C=O) groups is 3. The molecule has 3 rings (SSSR count). The molecule has 26 heavy (non-hydrogen) atoms. The third-order valence-electron chi connectivity index (χ3n) is 4.95. The highest BCUT2D eigenvalue weighted by molar-refractivity contribution is 5.98. The summed E-state index contributed by atoms with van der Waals surface area (Å²) in [5, 5.41) is 0. The second-order valence-electron chi connectivity index (χ2n) is 6.70. The van der Waals surface area contributed by atoms with Gasteiger partial charge in [0.2, 0.25) is 11.8 Å². The number of anilines is 1. The first-order valence-corrected chi connectivity index (χ1v) is 8.85. The van der Waals surface area contributed by atoms with Crippen molar-refractivity contribution in [1.29, 1.82) is 0 Å². The first-order chi connectivity index (χ1) is 12.4. The van der Waals surface area contributed by atoms with E-state index in [1.54, 1.807) is 29.2 Å². The fraction of sp³-hybridized carbons (Fsp3) is 0.526. The molecule has 0 atom stereocenters.